The molecule has 4 nitrogen and oxygen atoms in total. The van der Waals surface area contributed by atoms with Crippen LogP contribution in [0.3, 0.4) is 0 Å². The van der Waals surface area contributed by atoms with Gasteiger partial charge in [0.1, 0.15) is 11.6 Å². The van der Waals surface area contributed by atoms with Gasteiger partial charge < -0.3 is 4.74 Å². The standard InChI is InChI=1S/C17H12FIN3OP/c1-23-16-4-2-3-15(18)17(16)14-7-11(5-6-12(14)8-20)13-9-21-22(10-13)24-19/h2-7,9-10,24H,1H3. The number of nitrogens with zero attached hydrogens (tertiary/aromatic N) is 3. The number of benzene rings is 2. The van der Waals surface area contributed by atoms with E-state index in [0.717, 1.165) is 11.1 Å². The van der Waals surface area contributed by atoms with Crippen molar-refractivity contribution in [3.05, 3.63) is 60.2 Å². The Hall–Kier alpha value is -1.97. The number of rotatable bonds is 4. The molecule has 120 valence electrons. The van der Waals surface area contributed by atoms with Gasteiger partial charge in [-0.2, -0.15) is 10.4 Å². The van der Waals surface area contributed by atoms with E-state index in [0.29, 0.717) is 28.8 Å². The largest absolute Gasteiger partial charge is 0.496 e. The van der Waals surface area contributed by atoms with E-state index in [1.807, 2.05) is 16.7 Å². The second kappa shape index (κ2) is 7.29. The van der Waals surface area contributed by atoms with Crippen LogP contribution in [0.5, 0.6) is 5.75 Å². The molecule has 2 aromatic carbocycles. The molecule has 1 aromatic heterocycles. The van der Waals surface area contributed by atoms with E-state index < -0.39 is 5.82 Å². The number of aromatic nitrogens is 2. The maximum Gasteiger partial charge on any atom is 0.134 e. The van der Waals surface area contributed by atoms with E-state index in [2.05, 4.69) is 33.2 Å². The molecule has 1 atom stereocenters. The molecule has 0 amide bonds. The van der Waals surface area contributed by atoms with Crippen molar-refractivity contribution in [1.29, 1.82) is 5.26 Å². The Labute approximate surface area is 153 Å². The van der Waals surface area contributed by atoms with Crippen LogP contribution in [0.2, 0.25) is 0 Å². The van der Waals surface area contributed by atoms with Crippen molar-refractivity contribution in [2.75, 3.05) is 7.11 Å². The van der Waals surface area contributed by atoms with Crippen molar-refractivity contribution in [2.45, 2.75) is 0 Å². The second-order valence-corrected chi connectivity index (χ2v) is 7.02. The summed E-state index contributed by atoms with van der Waals surface area (Å²) in [6.07, 6.45) is 4.19. The van der Waals surface area contributed by atoms with Crippen LogP contribution < -0.4 is 4.74 Å². The number of methoxy groups -OCH3 is 1. The summed E-state index contributed by atoms with van der Waals surface area (Å²) < 4.78 is 21.5. The molecule has 0 aliphatic carbocycles. The molecular weight excluding hydrogens is 439 g/mol. The van der Waals surface area contributed by atoms with E-state index in [1.54, 1.807) is 30.5 Å². The minimum Gasteiger partial charge on any atom is -0.496 e. The van der Waals surface area contributed by atoms with Crippen LogP contribution in [0.4, 0.5) is 4.39 Å². The van der Waals surface area contributed by atoms with Crippen molar-refractivity contribution in [1.82, 2.24) is 9.55 Å². The van der Waals surface area contributed by atoms with Crippen LogP contribution in [0, 0.1) is 17.1 Å². The van der Waals surface area contributed by atoms with E-state index >= 15 is 0 Å². The van der Waals surface area contributed by atoms with E-state index in [9.17, 15) is 9.65 Å². The average molecular weight is 451 g/mol. The average Bonchev–Trinajstić information content (AvgIpc) is 3.10. The van der Waals surface area contributed by atoms with Gasteiger partial charge in [0.05, 0.1) is 36.9 Å². The van der Waals surface area contributed by atoms with Crippen LogP contribution in [-0.4, -0.2) is 16.7 Å². The Balaban J connectivity index is 2.21. The van der Waals surface area contributed by atoms with Crippen LogP contribution in [-0.2, 0) is 0 Å². The van der Waals surface area contributed by atoms with Gasteiger partial charge in [-0.3, -0.25) is 0 Å². The number of halogens is 2. The third kappa shape index (κ3) is 3.14. The Morgan fingerprint density at radius 1 is 1.29 bits per heavy atom. The zero-order valence-electron chi connectivity index (χ0n) is 12.6. The molecule has 3 rings (SSSR count). The summed E-state index contributed by atoms with van der Waals surface area (Å²) >= 11 is 2.25. The topological polar surface area (TPSA) is 50.8 Å². The number of ether oxygens (including phenoxy) is 1. The molecule has 0 spiro atoms. The van der Waals surface area contributed by atoms with Crippen LogP contribution in [0.15, 0.2) is 48.8 Å². The summed E-state index contributed by atoms with van der Waals surface area (Å²) in [5.41, 5.74) is 2.98. The highest BCUT2D eigenvalue weighted by atomic mass is 127. The van der Waals surface area contributed by atoms with Crippen molar-refractivity contribution in [2.24, 2.45) is 0 Å². The molecule has 0 saturated heterocycles. The molecule has 0 saturated carbocycles. The molecule has 0 N–H and O–H groups in total. The van der Waals surface area contributed by atoms with Crippen molar-refractivity contribution in [3.8, 4) is 34.1 Å². The van der Waals surface area contributed by atoms with E-state index in [-0.39, 0.29) is 0 Å². The fourth-order valence-electron chi connectivity index (χ4n) is 2.48. The van der Waals surface area contributed by atoms with Gasteiger partial charge in [0.15, 0.2) is 0 Å². The number of hydrogen-bond donors (Lipinski definition) is 0. The van der Waals surface area contributed by atoms with Crippen molar-refractivity contribution in [3.63, 3.8) is 0 Å². The summed E-state index contributed by atoms with van der Waals surface area (Å²) in [7, 11) is 1.49. The highest BCUT2D eigenvalue weighted by Crippen LogP contribution is 2.37. The van der Waals surface area contributed by atoms with Gasteiger partial charge in [0.2, 0.25) is 0 Å². The Kier molecular flexibility index (Phi) is 5.12. The maximum absolute atomic E-state index is 14.4. The number of nitriles is 1. The molecule has 0 aliphatic rings. The summed E-state index contributed by atoms with van der Waals surface area (Å²) in [5.74, 6) is -0.0273. The zero-order chi connectivity index (χ0) is 17.1. The molecule has 0 radical (unpaired) electrons. The molecule has 3 aromatic rings. The summed E-state index contributed by atoms with van der Waals surface area (Å²) in [6, 6.07) is 12.1. The molecule has 1 heterocycles. The van der Waals surface area contributed by atoms with E-state index in [1.165, 1.54) is 13.2 Å². The predicted molar refractivity (Wildman–Crippen MR) is 102 cm³/mol. The summed E-state index contributed by atoms with van der Waals surface area (Å²) in [6.45, 7) is 0. The Morgan fingerprint density at radius 3 is 2.79 bits per heavy atom. The maximum atomic E-state index is 14.4. The summed E-state index contributed by atoms with van der Waals surface area (Å²) in [4.78, 5) is 0. The summed E-state index contributed by atoms with van der Waals surface area (Å²) in [5, 5.41) is 13.7. The van der Waals surface area contributed by atoms with Gasteiger partial charge in [0, 0.05) is 17.3 Å². The molecule has 0 aliphatic heterocycles. The lowest BCUT2D eigenvalue weighted by molar-refractivity contribution is 0.413. The molecule has 24 heavy (non-hydrogen) atoms. The van der Waals surface area contributed by atoms with Crippen LogP contribution in [0.25, 0.3) is 22.3 Å². The third-order valence-corrected chi connectivity index (χ3v) is 5.51. The van der Waals surface area contributed by atoms with Crippen LogP contribution >= 0.6 is 28.4 Å². The highest BCUT2D eigenvalue weighted by molar-refractivity contribution is 14.2. The monoisotopic (exact) mass is 451 g/mol. The Bertz CT molecular complexity index is 936. The molecule has 1 unspecified atom stereocenters. The van der Waals surface area contributed by atoms with Crippen molar-refractivity contribution >= 4 is 28.4 Å². The third-order valence-electron chi connectivity index (χ3n) is 3.61. The quantitative estimate of drug-likeness (QED) is 0.413. The molecule has 7 heteroatoms. The van der Waals surface area contributed by atoms with Crippen LogP contribution in [0.1, 0.15) is 5.56 Å². The fourth-order valence-corrected chi connectivity index (χ4v) is 3.56. The lowest BCUT2D eigenvalue weighted by Gasteiger charge is -2.12. The first kappa shape index (κ1) is 16.9. The number of hydrogen-bond acceptors (Lipinski definition) is 3. The SMILES string of the molecule is COc1cccc(F)c1-c1cc(-c2cnn(PI)c2)ccc1C#N. The molecule has 0 bridgehead atoms. The minimum atomic E-state index is -0.424. The first-order valence-corrected chi connectivity index (χ1v) is 11.0. The zero-order valence-corrected chi connectivity index (χ0v) is 15.8. The van der Waals surface area contributed by atoms with Gasteiger partial charge in [-0.05, 0) is 51.9 Å². The normalized spacial score (nSPS) is 10.9. The Morgan fingerprint density at radius 2 is 2.12 bits per heavy atom. The highest BCUT2D eigenvalue weighted by Gasteiger charge is 2.16. The van der Waals surface area contributed by atoms with E-state index in [4.69, 9.17) is 4.74 Å². The molecule has 0 fully saturated rings. The van der Waals surface area contributed by atoms with Crippen molar-refractivity contribution < 1.29 is 9.13 Å². The fraction of sp³-hybridized carbons (Fsp3) is 0.0588. The van der Waals surface area contributed by atoms with Gasteiger partial charge in [-0.1, -0.05) is 12.1 Å². The minimum absolute atomic E-state index is 0.293. The molecular formula is C17H12FIN3OP. The van der Waals surface area contributed by atoms with Gasteiger partial charge in [0.25, 0.3) is 0 Å². The van der Waals surface area contributed by atoms with Gasteiger partial charge in [-0.25, -0.2) is 8.84 Å². The smallest absolute Gasteiger partial charge is 0.134 e. The lowest BCUT2D eigenvalue weighted by atomic mass is 9.95. The van der Waals surface area contributed by atoms with Gasteiger partial charge in [-0.15, -0.1) is 0 Å². The first-order chi connectivity index (χ1) is 11.7. The first-order valence-electron chi connectivity index (χ1n) is 6.96. The van der Waals surface area contributed by atoms with Gasteiger partial charge >= 0.3 is 0 Å². The lowest BCUT2D eigenvalue weighted by Crippen LogP contribution is -1.94. The predicted octanol–water partition coefficient (Wildman–Crippen LogP) is 5.03. The second-order valence-electron chi connectivity index (χ2n) is 4.95.